The van der Waals surface area contributed by atoms with Crippen molar-refractivity contribution in [1.82, 2.24) is 0 Å². The Morgan fingerprint density at radius 1 is 1.29 bits per heavy atom. The molecule has 1 atom stereocenters. The zero-order valence-corrected chi connectivity index (χ0v) is 11.3. The van der Waals surface area contributed by atoms with Gasteiger partial charge in [0.2, 0.25) is 0 Å². The summed E-state index contributed by atoms with van der Waals surface area (Å²) in [5, 5.41) is 4.12. The summed E-state index contributed by atoms with van der Waals surface area (Å²) in [5.74, 6) is 0.880. The number of hydrogen-bond donors (Lipinski definition) is 1. The fourth-order valence-corrected chi connectivity index (χ4v) is 2.31. The summed E-state index contributed by atoms with van der Waals surface area (Å²) >= 11 is 1.67. The van der Waals surface area contributed by atoms with Gasteiger partial charge in [0, 0.05) is 0 Å². The van der Waals surface area contributed by atoms with E-state index in [4.69, 9.17) is 10.5 Å². The first-order valence-electron chi connectivity index (χ1n) is 5.31. The van der Waals surface area contributed by atoms with Crippen molar-refractivity contribution in [2.45, 2.75) is 13.0 Å². The van der Waals surface area contributed by atoms with Crippen molar-refractivity contribution < 1.29 is 4.74 Å². The predicted octanol–water partition coefficient (Wildman–Crippen LogP) is 3.62. The standard InChI is InChI=1S/C13H15NOS.ClH/c1-2-15-12-5-3-4-10(8-12)13(14)11-6-7-16-9-11;/h3-9,13H,2,14H2,1H3;1H/t13-;/m0./s1. The van der Waals surface area contributed by atoms with Gasteiger partial charge < -0.3 is 10.5 Å². The largest absolute Gasteiger partial charge is 0.494 e. The molecule has 17 heavy (non-hydrogen) atoms. The maximum atomic E-state index is 6.18. The second kappa shape index (κ2) is 6.64. The molecule has 0 bridgehead atoms. The molecule has 0 aliphatic rings. The Kier molecular flexibility index (Phi) is 5.48. The predicted molar refractivity (Wildman–Crippen MR) is 75.2 cm³/mol. The number of thiophene rings is 1. The normalized spacial score (nSPS) is 11.6. The van der Waals surface area contributed by atoms with Crippen LogP contribution in [-0.2, 0) is 0 Å². The van der Waals surface area contributed by atoms with E-state index in [2.05, 4.69) is 11.4 Å². The Hall–Kier alpha value is -1.03. The number of hydrogen-bond acceptors (Lipinski definition) is 3. The van der Waals surface area contributed by atoms with Crippen molar-refractivity contribution in [2.75, 3.05) is 6.61 Å². The van der Waals surface area contributed by atoms with Gasteiger partial charge in [0.05, 0.1) is 12.6 Å². The summed E-state index contributed by atoms with van der Waals surface area (Å²) in [5.41, 5.74) is 8.42. The highest BCUT2D eigenvalue weighted by Crippen LogP contribution is 2.24. The van der Waals surface area contributed by atoms with Gasteiger partial charge in [-0.25, -0.2) is 0 Å². The first kappa shape index (κ1) is 14.0. The van der Waals surface area contributed by atoms with Crippen molar-refractivity contribution in [3.63, 3.8) is 0 Å². The monoisotopic (exact) mass is 269 g/mol. The van der Waals surface area contributed by atoms with Crippen LogP contribution < -0.4 is 10.5 Å². The summed E-state index contributed by atoms with van der Waals surface area (Å²) in [6, 6.07) is 9.96. The highest BCUT2D eigenvalue weighted by atomic mass is 35.5. The van der Waals surface area contributed by atoms with Crippen LogP contribution in [-0.4, -0.2) is 6.61 Å². The molecule has 0 spiro atoms. The quantitative estimate of drug-likeness (QED) is 0.920. The molecule has 1 aromatic heterocycles. The maximum absolute atomic E-state index is 6.18. The smallest absolute Gasteiger partial charge is 0.119 e. The topological polar surface area (TPSA) is 35.2 Å². The van der Waals surface area contributed by atoms with Gasteiger partial charge in [0.15, 0.2) is 0 Å². The van der Waals surface area contributed by atoms with Gasteiger partial charge in [-0.3, -0.25) is 0 Å². The molecule has 0 radical (unpaired) electrons. The summed E-state index contributed by atoms with van der Waals surface area (Å²) in [4.78, 5) is 0. The van der Waals surface area contributed by atoms with Crippen molar-refractivity contribution in [1.29, 1.82) is 0 Å². The third-order valence-electron chi connectivity index (χ3n) is 2.43. The lowest BCUT2D eigenvalue weighted by Gasteiger charge is -2.12. The number of ether oxygens (including phenoxy) is 1. The second-order valence-corrected chi connectivity index (χ2v) is 4.32. The van der Waals surface area contributed by atoms with E-state index in [1.54, 1.807) is 11.3 Å². The molecule has 2 rings (SSSR count). The van der Waals surface area contributed by atoms with Gasteiger partial charge in [-0.15, -0.1) is 12.4 Å². The van der Waals surface area contributed by atoms with Crippen LogP contribution in [0.2, 0.25) is 0 Å². The molecule has 0 amide bonds. The summed E-state index contributed by atoms with van der Waals surface area (Å²) in [6.45, 7) is 2.66. The van der Waals surface area contributed by atoms with Gasteiger partial charge in [-0.05, 0) is 47.0 Å². The highest BCUT2D eigenvalue weighted by Gasteiger charge is 2.09. The molecule has 92 valence electrons. The average molecular weight is 270 g/mol. The molecule has 0 saturated carbocycles. The second-order valence-electron chi connectivity index (χ2n) is 3.54. The van der Waals surface area contributed by atoms with Gasteiger partial charge in [-0.2, -0.15) is 11.3 Å². The van der Waals surface area contributed by atoms with Crippen molar-refractivity contribution in [2.24, 2.45) is 5.73 Å². The SMILES string of the molecule is CCOc1cccc([C@H](N)c2ccsc2)c1.Cl. The van der Waals surface area contributed by atoms with Crippen LogP contribution in [0.4, 0.5) is 0 Å². The fourth-order valence-electron chi connectivity index (χ4n) is 1.61. The molecular formula is C13H16ClNOS. The Bertz CT molecular complexity index is 444. The van der Waals surface area contributed by atoms with Crippen LogP contribution in [0, 0.1) is 0 Å². The average Bonchev–Trinajstić information content (AvgIpc) is 2.82. The van der Waals surface area contributed by atoms with Crippen LogP contribution in [0.15, 0.2) is 41.1 Å². The molecule has 0 saturated heterocycles. The Labute approximate surface area is 112 Å². The van der Waals surface area contributed by atoms with E-state index in [9.17, 15) is 0 Å². The Balaban J connectivity index is 0.00000144. The summed E-state index contributed by atoms with van der Waals surface area (Å²) < 4.78 is 5.46. The third kappa shape index (κ3) is 3.46. The van der Waals surface area contributed by atoms with Crippen LogP contribution in [0.3, 0.4) is 0 Å². The fraction of sp³-hybridized carbons (Fsp3) is 0.231. The third-order valence-corrected chi connectivity index (χ3v) is 3.13. The zero-order chi connectivity index (χ0) is 11.4. The number of rotatable bonds is 4. The molecular weight excluding hydrogens is 254 g/mol. The lowest BCUT2D eigenvalue weighted by atomic mass is 10.0. The minimum Gasteiger partial charge on any atom is -0.494 e. The van der Waals surface area contributed by atoms with E-state index in [0.29, 0.717) is 6.61 Å². The lowest BCUT2D eigenvalue weighted by molar-refractivity contribution is 0.340. The summed E-state index contributed by atoms with van der Waals surface area (Å²) in [7, 11) is 0. The van der Waals surface area contributed by atoms with Gasteiger partial charge in [0.1, 0.15) is 5.75 Å². The van der Waals surface area contributed by atoms with E-state index < -0.39 is 0 Å². The van der Waals surface area contributed by atoms with Crippen LogP contribution in [0.1, 0.15) is 24.1 Å². The summed E-state index contributed by atoms with van der Waals surface area (Å²) in [6.07, 6.45) is 0. The van der Waals surface area contributed by atoms with E-state index in [1.165, 1.54) is 0 Å². The van der Waals surface area contributed by atoms with E-state index >= 15 is 0 Å². The Morgan fingerprint density at radius 3 is 2.76 bits per heavy atom. The number of nitrogens with two attached hydrogens (primary N) is 1. The molecule has 0 fully saturated rings. The first-order chi connectivity index (χ1) is 7.81. The van der Waals surface area contributed by atoms with Gasteiger partial charge >= 0.3 is 0 Å². The highest BCUT2D eigenvalue weighted by molar-refractivity contribution is 7.08. The van der Waals surface area contributed by atoms with Crippen molar-refractivity contribution in [3.8, 4) is 5.75 Å². The number of benzene rings is 1. The molecule has 0 unspecified atom stereocenters. The maximum Gasteiger partial charge on any atom is 0.119 e. The minimum atomic E-state index is -0.0633. The van der Waals surface area contributed by atoms with Crippen LogP contribution >= 0.6 is 23.7 Å². The van der Waals surface area contributed by atoms with E-state index in [0.717, 1.165) is 16.9 Å². The first-order valence-corrected chi connectivity index (χ1v) is 6.26. The molecule has 4 heteroatoms. The van der Waals surface area contributed by atoms with Crippen molar-refractivity contribution in [3.05, 3.63) is 52.2 Å². The van der Waals surface area contributed by atoms with Gasteiger partial charge in [0.25, 0.3) is 0 Å². The van der Waals surface area contributed by atoms with Crippen molar-refractivity contribution >= 4 is 23.7 Å². The van der Waals surface area contributed by atoms with E-state index in [-0.39, 0.29) is 18.4 Å². The van der Waals surface area contributed by atoms with Crippen LogP contribution in [0.25, 0.3) is 0 Å². The molecule has 2 nitrogen and oxygen atoms in total. The molecule has 1 heterocycles. The Morgan fingerprint density at radius 2 is 2.12 bits per heavy atom. The molecule has 0 aliphatic carbocycles. The van der Waals surface area contributed by atoms with Crippen LogP contribution in [0.5, 0.6) is 5.75 Å². The minimum absolute atomic E-state index is 0. The zero-order valence-electron chi connectivity index (χ0n) is 9.63. The number of halogens is 1. The lowest BCUT2D eigenvalue weighted by Crippen LogP contribution is -2.10. The molecule has 2 N–H and O–H groups in total. The molecule has 0 aliphatic heterocycles. The molecule has 1 aromatic carbocycles. The molecule has 2 aromatic rings. The van der Waals surface area contributed by atoms with Gasteiger partial charge in [-0.1, -0.05) is 12.1 Å². The van der Waals surface area contributed by atoms with E-state index in [1.807, 2.05) is 36.6 Å².